The number of hydrogen-bond acceptors (Lipinski definition) is 8. The fourth-order valence-electron chi connectivity index (χ4n) is 8.80. The molecule has 0 unspecified atom stereocenters. The van der Waals surface area contributed by atoms with Crippen molar-refractivity contribution in [2.75, 3.05) is 71.2 Å². The summed E-state index contributed by atoms with van der Waals surface area (Å²) >= 11 is 0. The van der Waals surface area contributed by atoms with Gasteiger partial charge in [-0.2, -0.15) is 5.26 Å². The van der Waals surface area contributed by atoms with E-state index in [0.717, 1.165) is 39.7 Å². The summed E-state index contributed by atoms with van der Waals surface area (Å²) < 4.78 is 60.7. The fourth-order valence-corrected chi connectivity index (χ4v) is 8.80. The number of para-hydroxylation sites is 5. The lowest BCUT2D eigenvalue weighted by Crippen LogP contribution is -2.17. The van der Waals surface area contributed by atoms with Gasteiger partial charge in [0.25, 0.3) is 0 Å². The Bertz CT molecular complexity index is 3310. The monoisotopic (exact) mass is 1120 g/mol. The minimum Gasteiger partial charge on any atom is -0.496 e. The van der Waals surface area contributed by atoms with E-state index in [1.54, 1.807) is 26.4 Å². The van der Waals surface area contributed by atoms with Crippen LogP contribution >= 0.6 is 0 Å². The van der Waals surface area contributed by atoms with Gasteiger partial charge in [-0.1, -0.05) is 198 Å². The Balaban J connectivity index is 0.000000280. The smallest absolute Gasteiger partial charge is 0.130 e. The van der Waals surface area contributed by atoms with E-state index in [2.05, 4.69) is 181 Å². The lowest BCUT2D eigenvalue weighted by atomic mass is 9.98. The summed E-state index contributed by atoms with van der Waals surface area (Å²) in [6, 6.07) is 54.2. The van der Waals surface area contributed by atoms with Crippen molar-refractivity contribution in [2.24, 2.45) is 0 Å². The minimum absolute atomic E-state index is 0.144. The van der Waals surface area contributed by atoms with Crippen molar-refractivity contribution >= 4 is 17.1 Å². The van der Waals surface area contributed by atoms with Crippen LogP contribution in [0.5, 0.6) is 34.5 Å². The first-order valence-electron chi connectivity index (χ1n) is 31.2. The molecule has 0 aliphatic carbocycles. The summed E-state index contributed by atoms with van der Waals surface area (Å²) in [5, 5.41) is 8.52. The van der Waals surface area contributed by atoms with Gasteiger partial charge in [0.2, 0.25) is 0 Å². The molecule has 442 valence electrons. The van der Waals surface area contributed by atoms with Crippen molar-refractivity contribution in [1.82, 2.24) is 0 Å². The summed E-state index contributed by atoms with van der Waals surface area (Å²) in [7, 11) is 15.9. The number of ether oxygens (including phenoxy) is 4. The van der Waals surface area contributed by atoms with Crippen LogP contribution in [0.4, 0.5) is 17.1 Å². The Kier molecular flexibility index (Phi) is 26.7. The summed E-state index contributed by atoms with van der Waals surface area (Å²) in [5.41, 5.74) is 12.1. The highest BCUT2D eigenvalue weighted by molar-refractivity contribution is 5.68. The number of hydrogen-bond donors (Lipinski definition) is 0. The summed E-state index contributed by atoms with van der Waals surface area (Å²) in [5.74, 6) is 6.76. The zero-order valence-corrected chi connectivity index (χ0v) is 53.5. The lowest BCUT2D eigenvalue weighted by Gasteiger charge is -2.26. The number of methoxy groups -OCH3 is 2. The van der Waals surface area contributed by atoms with Crippen molar-refractivity contribution in [3.05, 3.63) is 233 Å². The van der Waals surface area contributed by atoms with E-state index in [9.17, 15) is 0 Å². The zero-order chi connectivity index (χ0) is 65.9. The van der Waals surface area contributed by atoms with Gasteiger partial charge in [-0.15, -0.1) is 0 Å². The molecule has 8 aromatic rings. The van der Waals surface area contributed by atoms with Crippen LogP contribution in [0, 0.1) is 11.3 Å². The first kappa shape index (κ1) is 60.9. The van der Waals surface area contributed by atoms with Gasteiger partial charge in [-0.05, 0) is 137 Å². The highest BCUT2D eigenvalue weighted by atomic mass is 16.5. The second-order valence-electron chi connectivity index (χ2n) is 22.2. The van der Waals surface area contributed by atoms with Crippen molar-refractivity contribution in [1.29, 1.82) is 5.26 Å². The third-order valence-corrected chi connectivity index (χ3v) is 13.1. The molecule has 8 nitrogen and oxygen atoms in total. The van der Waals surface area contributed by atoms with Crippen LogP contribution in [0.1, 0.15) is 164 Å². The molecule has 0 aliphatic heterocycles. The zero-order valence-electron chi connectivity index (χ0n) is 58.5. The molecule has 0 aromatic heterocycles. The highest BCUT2D eigenvalue weighted by Gasteiger charge is 2.15. The maximum Gasteiger partial charge on any atom is 0.130 e. The van der Waals surface area contributed by atoms with E-state index in [1.807, 2.05) is 117 Å². The molecule has 8 heteroatoms. The molecule has 0 heterocycles. The highest BCUT2D eigenvalue weighted by Crippen LogP contribution is 2.36. The topological polar surface area (TPSA) is 70.4 Å². The van der Waals surface area contributed by atoms with Gasteiger partial charge in [0.15, 0.2) is 0 Å². The summed E-state index contributed by atoms with van der Waals surface area (Å²) in [4.78, 5) is 6.53. The van der Waals surface area contributed by atoms with E-state index >= 15 is 0 Å². The third kappa shape index (κ3) is 23.0. The standard InChI is InChI=1S/2C15H16O.C13H22N2.C11H17N.C11H16O2.C10H11N/c2*1-12(2)14-10-6-7-11-15(14)16-13-8-4-3-5-9-13;1-10(2)13-11(14(3)4)8-7-9-12(13)15(5)6;1-9(2)10-7-5-6-8-11(10)12(3)4;1-8(2)11-9(12-3)6-5-7-10(11)13-4;1-8(2)10-5-3-9(7-11)4-6-10/h2*3-12H,1-2H3;7-10H,1-6H3;5-9H,1-4H3;5-8H,1-4H3;3-6,8H,1-2H3/i3D,4D,5D,8D,9D;;;;;. The largest absolute Gasteiger partial charge is 0.496 e. The molecule has 0 radical (unpaired) electrons. The second kappa shape index (κ2) is 36.3. The molecule has 0 N–H and O–H groups in total. The maximum absolute atomic E-state index is 8.52. The van der Waals surface area contributed by atoms with Crippen LogP contribution in [-0.4, -0.2) is 56.5 Å². The fraction of sp³-hybridized carbons (Fsp3) is 0.347. The Morgan fingerprint density at radius 2 is 0.735 bits per heavy atom. The minimum atomic E-state index is -0.422. The Labute approximate surface area is 509 Å². The lowest BCUT2D eigenvalue weighted by molar-refractivity contribution is 0.382. The number of rotatable bonds is 15. The molecule has 0 spiro atoms. The van der Waals surface area contributed by atoms with Gasteiger partial charge in [0.1, 0.15) is 34.5 Å². The molecule has 0 amide bonds. The van der Waals surface area contributed by atoms with E-state index in [1.165, 1.54) is 39.3 Å². The summed E-state index contributed by atoms with van der Waals surface area (Å²) in [6.07, 6.45) is 0. The first-order valence-corrected chi connectivity index (χ1v) is 28.7. The molecule has 8 rings (SSSR count). The number of benzene rings is 8. The first-order chi connectivity index (χ1) is 41.6. The quantitative estimate of drug-likeness (QED) is 0.101. The van der Waals surface area contributed by atoms with Crippen molar-refractivity contribution in [2.45, 2.75) is 119 Å². The molecule has 0 saturated heterocycles. The Morgan fingerprint density at radius 3 is 1.12 bits per heavy atom. The van der Waals surface area contributed by atoms with Crippen LogP contribution in [-0.2, 0) is 0 Å². The average Bonchev–Trinajstić information content (AvgIpc) is 1.79. The van der Waals surface area contributed by atoms with Gasteiger partial charge < -0.3 is 33.6 Å². The van der Waals surface area contributed by atoms with Gasteiger partial charge in [0.05, 0.1) is 32.7 Å². The molecule has 0 bridgehead atoms. The molecule has 0 fully saturated rings. The Morgan fingerprint density at radius 1 is 0.361 bits per heavy atom. The molecule has 83 heavy (non-hydrogen) atoms. The maximum atomic E-state index is 8.52. The molecule has 0 saturated carbocycles. The van der Waals surface area contributed by atoms with Crippen molar-refractivity contribution in [3.8, 4) is 40.6 Å². The number of nitriles is 1. The van der Waals surface area contributed by atoms with Crippen LogP contribution in [0.2, 0.25) is 0 Å². The van der Waals surface area contributed by atoms with Gasteiger partial charge in [-0.3, -0.25) is 0 Å². The van der Waals surface area contributed by atoms with Crippen LogP contribution in [0.3, 0.4) is 0 Å². The normalized spacial score (nSPS) is 11.2. The Hall–Kier alpha value is -8.15. The van der Waals surface area contributed by atoms with Crippen LogP contribution in [0.15, 0.2) is 194 Å². The second-order valence-corrected chi connectivity index (χ2v) is 22.2. The predicted octanol–water partition coefficient (Wildman–Crippen LogP) is 20.5. The number of anilines is 3. The summed E-state index contributed by atoms with van der Waals surface area (Å²) in [6.45, 7) is 25.8. The van der Waals surface area contributed by atoms with E-state index < -0.39 is 18.1 Å². The van der Waals surface area contributed by atoms with Crippen LogP contribution < -0.4 is 33.6 Å². The van der Waals surface area contributed by atoms with Crippen molar-refractivity contribution < 1.29 is 25.8 Å². The molecule has 0 aliphatic rings. The SMILES string of the molecule is CC(C)c1c(N(C)C)cccc1N(C)C.CC(C)c1ccc(C#N)cc1.CC(C)c1ccccc1N(C)C.CC(C)c1ccccc1Oc1ccccc1.COc1cccc(OC)c1C(C)C.[2H]c1c([2H])c([2H])c(Oc2ccccc2C(C)C)c([2H])c1[2H]. The molecular formula is C75H98N4O4. The van der Waals surface area contributed by atoms with E-state index in [4.69, 9.17) is 31.1 Å². The van der Waals surface area contributed by atoms with Crippen molar-refractivity contribution in [3.63, 3.8) is 0 Å². The predicted molar refractivity (Wildman–Crippen MR) is 357 cm³/mol. The molecule has 8 aromatic carbocycles. The third-order valence-electron chi connectivity index (χ3n) is 13.1. The van der Waals surface area contributed by atoms with E-state index in [0.29, 0.717) is 35.3 Å². The van der Waals surface area contributed by atoms with Gasteiger partial charge in [-0.25, -0.2) is 0 Å². The molecular weight excluding hydrogens is 1020 g/mol. The van der Waals surface area contributed by atoms with E-state index in [-0.39, 0.29) is 23.8 Å². The number of nitrogens with zero attached hydrogens (tertiary/aromatic N) is 4. The van der Waals surface area contributed by atoms with Crippen LogP contribution in [0.25, 0.3) is 0 Å². The molecule has 0 atom stereocenters. The average molecular weight is 1120 g/mol. The van der Waals surface area contributed by atoms with Gasteiger partial charge in [0, 0.05) is 70.5 Å². The van der Waals surface area contributed by atoms with Gasteiger partial charge >= 0.3 is 0 Å².